The van der Waals surface area contributed by atoms with E-state index in [0.29, 0.717) is 22.0 Å². The van der Waals surface area contributed by atoms with Crippen molar-refractivity contribution in [3.63, 3.8) is 0 Å². The van der Waals surface area contributed by atoms with Gasteiger partial charge in [0.2, 0.25) is 5.91 Å². The third kappa shape index (κ3) is 3.59. The normalized spacial score (nSPS) is 9.90. The highest BCUT2D eigenvalue weighted by Crippen LogP contribution is 2.26. The van der Waals surface area contributed by atoms with Gasteiger partial charge in [0.05, 0.1) is 10.7 Å². The molecule has 0 fully saturated rings. The number of carbonyl (C=O) groups is 2. The first kappa shape index (κ1) is 14.1. The predicted molar refractivity (Wildman–Crippen MR) is 80.2 cm³/mol. The summed E-state index contributed by atoms with van der Waals surface area (Å²) in [6, 6.07) is 13.8. The van der Waals surface area contributed by atoms with Crippen LogP contribution in [0.3, 0.4) is 0 Å². The Morgan fingerprint density at radius 3 is 2.30 bits per heavy atom. The van der Waals surface area contributed by atoms with Gasteiger partial charge in [-0.15, -0.1) is 0 Å². The summed E-state index contributed by atoms with van der Waals surface area (Å²) in [5, 5.41) is 5.71. The lowest BCUT2D eigenvalue weighted by atomic mass is 10.2. The SMILES string of the molecule is CC(=O)Nc1ccc(NC(=O)c2ccccc2)c(Cl)c1. The van der Waals surface area contributed by atoms with E-state index in [1.807, 2.05) is 6.07 Å². The number of anilines is 2. The fraction of sp³-hybridized carbons (Fsp3) is 0.0667. The van der Waals surface area contributed by atoms with Crippen LogP contribution in [0.4, 0.5) is 11.4 Å². The van der Waals surface area contributed by atoms with E-state index in [1.54, 1.807) is 42.5 Å². The number of carbonyl (C=O) groups excluding carboxylic acids is 2. The molecule has 0 unspecified atom stereocenters. The monoisotopic (exact) mass is 288 g/mol. The van der Waals surface area contributed by atoms with Crippen LogP contribution in [0.1, 0.15) is 17.3 Å². The summed E-state index contributed by atoms with van der Waals surface area (Å²) in [7, 11) is 0. The molecule has 102 valence electrons. The Kier molecular flexibility index (Phi) is 4.38. The van der Waals surface area contributed by atoms with Gasteiger partial charge in [-0.2, -0.15) is 0 Å². The minimum absolute atomic E-state index is 0.179. The molecule has 2 rings (SSSR count). The molecule has 0 aliphatic rings. The average Bonchev–Trinajstić information content (AvgIpc) is 2.42. The lowest BCUT2D eigenvalue weighted by molar-refractivity contribution is -0.114. The molecule has 0 aromatic heterocycles. The highest BCUT2D eigenvalue weighted by Gasteiger charge is 2.08. The Hall–Kier alpha value is -2.33. The van der Waals surface area contributed by atoms with Crippen LogP contribution in [0, 0.1) is 0 Å². The van der Waals surface area contributed by atoms with E-state index < -0.39 is 0 Å². The quantitative estimate of drug-likeness (QED) is 0.907. The van der Waals surface area contributed by atoms with Crippen molar-refractivity contribution in [2.24, 2.45) is 0 Å². The first-order valence-corrected chi connectivity index (χ1v) is 6.37. The summed E-state index contributed by atoms with van der Waals surface area (Å²) >= 11 is 6.08. The fourth-order valence-electron chi connectivity index (χ4n) is 1.68. The first-order chi connectivity index (χ1) is 9.56. The van der Waals surface area contributed by atoms with Gasteiger partial charge in [0.25, 0.3) is 5.91 Å². The van der Waals surface area contributed by atoms with Crippen molar-refractivity contribution in [1.82, 2.24) is 0 Å². The third-order valence-corrected chi connectivity index (χ3v) is 2.89. The molecule has 0 saturated heterocycles. The Balaban J connectivity index is 2.14. The zero-order chi connectivity index (χ0) is 14.5. The van der Waals surface area contributed by atoms with Crippen LogP contribution < -0.4 is 10.6 Å². The smallest absolute Gasteiger partial charge is 0.255 e. The summed E-state index contributed by atoms with van der Waals surface area (Å²) in [6.45, 7) is 1.42. The van der Waals surface area contributed by atoms with Crippen molar-refractivity contribution in [1.29, 1.82) is 0 Å². The standard InChI is InChI=1S/C15H13ClN2O2/c1-10(19)17-12-7-8-14(13(16)9-12)18-15(20)11-5-3-2-4-6-11/h2-9H,1H3,(H,17,19)(H,18,20). The van der Waals surface area contributed by atoms with E-state index in [2.05, 4.69) is 10.6 Å². The Morgan fingerprint density at radius 2 is 1.70 bits per heavy atom. The lowest BCUT2D eigenvalue weighted by Gasteiger charge is -2.09. The number of rotatable bonds is 3. The minimum atomic E-state index is -0.236. The largest absolute Gasteiger partial charge is 0.326 e. The van der Waals surface area contributed by atoms with Crippen LogP contribution >= 0.6 is 11.6 Å². The molecule has 2 amide bonds. The number of benzene rings is 2. The molecule has 2 aromatic carbocycles. The second kappa shape index (κ2) is 6.21. The molecule has 0 atom stereocenters. The predicted octanol–water partition coefficient (Wildman–Crippen LogP) is 3.55. The summed E-state index contributed by atoms with van der Waals surface area (Å²) in [5.74, 6) is -0.415. The van der Waals surface area contributed by atoms with Crippen LogP contribution in [0.2, 0.25) is 5.02 Å². The maximum atomic E-state index is 12.0. The van der Waals surface area contributed by atoms with Gasteiger partial charge in [-0.1, -0.05) is 29.8 Å². The van der Waals surface area contributed by atoms with Gasteiger partial charge in [0, 0.05) is 18.2 Å². The summed E-state index contributed by atoms with van der Waals surface area (Å²) in [6.07, 6.45) is 0. The van der Waals surface area contributed by atoms with Crippen molar-refractivity contribution in [2.75, 3.05) is 10.6 Å². The Morgan fingerprint density at radius 1 is 1.00 bits per heavy atom. The molecule has 0 radical (unpaired) electrons. The second-order valence-corrected chi connectivity index (χ2v) is 4.60. The van der Waals surface area contributed by atoms with E-state index in [1.165, 1.54) is 6.92 Å². The second-order valence-electron chi connectivity index (χ2n) is 4.20. The van der Waals surface area contributed by atoms with Crippen molar-refractivity contribution in [2.45, 2.75) is 6.92 Å². The highest BCUT2D eigenvalue weighted by molar-refractivity contribution is 6.34. The van der Waals surface area contributed by atoms with Crippen molar-refractivity contribution >= 4 is 34.8 Å². The van der Waals surface area contributed by atoms with Gasteiger partial charge in [-0.05, 0) is 30.3 Å². The maximum absolute atomic E-state index is 12.0. The van der Waals surface area contributed by atoms with E-state index in [-0.39, 0.29) is 11.8 Å². The van der Waals surface area contributed by atoms with Crippen molar-refractivity contribution in [3.05, 3.63) is 59.1 Å². The molecule has 0 saturated carbocycles. The Labute approximate surface area is 121 Å². The zero-order valence-electron chi connectivity index (χ0n) is 10.8. The van der Waals surface area contributed by atoms with Crippen molar-refractivity contribution < 1.29 is 9.59 Å². The van der Waals surface area contributed by atoms with E-state index in [4.69, 9.17) is 11.6 Å². The zero-order valence-corrected chi connectivity index (χ0v) is 11.6. The molecule has 0 aliphatic heterocycles. The summed E-state index contributed by atoms with van der Waals surface area (Å²) < 4.78 is 0. The molecule has 20 heavy (non-hydrogen) atoms. The maximum Gasteiger partial charge on any atom is 0.255 e. The van der Waals surface area contributed by atoms with Gasteiger partial charge in [-0.3, -0.25) is 9.59 Å². The highest BCUT2D eigenvalue weighted by atomic mass is 35.5. The van der Waals surface area contributed by atoms with Crippen LogP contribution in [-0.2, 0) is 4.79 Å². The van der Waals surface area contributed by atoms with Gasteiger partial charge in [0.1, 0.15) is 0 Å². The van der Waals surface area contributed by atoms with E-state index >= 15 is 0 Å². The van der Waals surface area contributed by atoms with Crippen LogP contribution in [0.25, 0.3) is 0 Å². The molecule has 0 heterocycles. The molecule has 2 N–H and O–H groups in total. The van der Waals surface area contributed by atoms with Crippen molar-refractivity contribution in [3.8, 4) is 0 Å². The number of nitrogens with one attached hydrogen (secondary N) is 2. The average molecular weight is 289 g/mol. The van der Waals surface area contributed by atoms with Crippen LogP contribution in [0.15, 0.2) is 48.5 Å². The number of amides is 2. The molecule has 5 heteroatoms. The number of hydrogen-bond donors (Lipinski definition) is 2. The topological polar surface area (TPSA) is 58.2 Å². The molecule has 0 spiro atoms. The Bertz CT molecular complexity index is 642. The molecule has 4 nitrogen and oxygen atoms in total. The summed E-state index contributed by atoms with van der Waals surface area (Å²) in [4.78, 5) is 22.9. The number of halogens is 1. The van der Waals surface area contributed by atoms with E-state index in [0.717, 1.165) is 0 Å². The van der Waals surface area contributed by atoms with Gasteiger partial charge in [-0.25, -0.2) is 0 Å². The lowest BCUT2D eigenvalue weighted by Crippen LogP contribution is -2.12. The molecule has 2 aromatic rings. The minimum Gasteiger partial charge on any atom is -0.326 e. The summed E-state index contributed by atoms with van der Waals surface area (Å²) in [5.41, 5.74) is 1.63. The van der Waals surface area contributed by atoms with E-state index in [9.17, 15) is 9.59 Å². The van der Waals surface area contributed by atoms with Gasteiger partial charge in [0.15, 0.2) is 0 Å². The number of hydrogen-bond acceptors (Lipinski definition) is 2. The molecule has 0 bridgehead atoms. The molecule has 0 aliphatic carbocycles. The molecular weight excluding hydrogens is 276 g/mol. The molecular formula is C15H13ClN2O2. The first-order valence-electron chi connectivity index (χ1n) is 6.00. The fourth-order valence-corrected chi connectivity index (χ4v) is 1.91. The van der Waals surface area contributed by atoms with Gasteiger partial charge < -0.3 is 10.6 Å². The third-order valence-electron chi connectivity index (χ3n) is 2.57. The van der Waals surface area contributed by atoms with Crippen LogP contribution in [-0.4, -0.2) is 11.8 Å². The van der Waals surface area contributed by atoms with Gasteiger partial charge >= 0.3 is 0 Å². The van der Waals surface area contributed by atoms with Crippen LogP contribution in [0.5, 0.6) is 0 Å².